The standard InChI is InChI=1S/C14H28O9S/c1-24(15,16)23-13-14-12-21-9-8-19-5-4-17-2-3-18-6-7-20-10-11-22-14/h14H,2-13H2,1H3. The molecule has 144 valence electrons. The summed E-state index contributed by atoms with van der Waals surface area (Å²) >= 11 is 0. The van der Waals surface area contributed by atoms with Gasteiger partial charge < -0.3 is 28.4 Å². The van der Waals surface area contributed by atoms with Gasteiger partial charge in [-0.1, -0.05) is 0 Å². The normalized spacial score (nSPS) is 24.8. The van der Waals surface area contributed by atoms with E-state index in [1.165, 1.54) is 0 Å². The Morgan fingerprint density at radius 2 is 1.17 bits per heavy atom. The predicted molar refractivity (Wildman–Crippen MR) is 84.6 cm³/mol. The Morgan fingerprint density at radius 1 is 0.750 bits per heavy atom. The molecule has 0 aromatic carbocycles. The van der Waals surface area contributed by atoms with E-state index in [0.29, 0.717) is 66.1 Å². The summed E-state index contributed by atoms with van der Waals surface area (Å²) in [5.74, 6) is 0. The molecule has 1 aliphatic rings. The van der Waals surface area contributed by atoms with Crippen LogP contribution in [-0.4, -0.2) is 100 Å². The summed E-state index contributed by atoms with van der Waals surface area (Å²) in [6.07, 6.45) is 0.496. The van der Waals surface area contributed by atoms with E-state index in [1.54, 1.807) is 0 Å². The average Bonchev–Trinajstić information content (AvgIpc) is 2.53. The Hall–Kier alpha value is -0.330. The molecule has 1 fully saturated rings. The van der Waals surface area contributed by atoms with Gasteiger partial charge in [-0.2, -0.15) is 8.42 Å². The zero-order chi connectivity index (χ0) is 17.5. The molecule has 1 atom stereocenters. The van der Waals surface area contributed by atoms with Crippen molar-refractivity contribution in [2.75, 3.05) is 85.5 Å². The highest BCUT2D eigenvalue weighted by molar-refractivity contribution is 7.85. The third kappa shape index (κ3) is 14.1. The van der Waals surface area contributed by atoms with Crippen molar-refractivity contribution in [2.45, 2.75) is 6.10 Å². The second-order valence-corrected chi connectivity index (χ2v) is 6.65. The van der Waals surface area contributed by atoms with Crippen LogP contribution in [0.25, 0.3) is 0 Å². The molecule has 0 bridgehead atoms. The molecular weight excluding hydrogens is 344 g/mol. The van der Waals surface area contributed by atoms with Gasteiger partial charge in [0, 0.05) is 0 Å². The summed E-state index contributed by atoms with van der Waals surface area (Å²) in [5, 5.41) is 0. The SMILES string of the molecule is CS(=O)(=O)OCC1COCCOCCOCCOCCOCCO1. The van der Waals surface area contributed by atoms with Gasteiger partial charge >= 0.3 is 0 Å². The fourth-order valence-corrected chi connectivity index (χ4v) is 2.11. The molecule has 1 unspecified atom stereocenters. The first-order valence-electron chi connectivity index (χ1n) is 7.92. The lowest BCUT2D eigenvalue weighted by Gasteiger charge is -2.18. The summed E-state index contributed by atoms with van der Waals surface area (Å²) in [4.78, 5) is 0. The second-order valence-electron chi connectivity index (χ2n) is 5.01. The molecule has 0 aliphatic carbocycles. The monoisotopic (exact) mass is 372 g/mol. The Morgan fingerprint density at radius 3 is 1.62 bits per heavy atom. The van der Waals surface area contributed by atoms with Crippen molar-refractivity contribution in [3.8, 4) is 0 Å². The predicted octanol–water partition coefficient (Wildman–Crippen LogP) is -0.556. The highest BCUT2D eigenvalue weighted by Gasteiger charge is 2.14. The van der Waals surface area contributed by atoms with Crippen LogP contribution in [0.4, 0.5) is 0 Å². The number of ether oxygens (including phenoxy) is 6. The van der Waals surface area contributed by atoms with Crippen LogP contribution in [0.5, 0.6) is 0 Å². The van der Waals surface area contributed by atoms with Crippen LogP contribution in [0, 0.1) is 0 Å². The van der Waals surface area contributed by atoms with Gasteiger partial charge in [0.25, 0.3) is 10.1 Å². The van der Waals surface area contributed by atoms with Crippen LogP contribution < -0.4 is 0 Å². The van der Waals surface area contributed by atoms with Crippen molar-refractivity contribution in [1.29, 1.82) is 0 Å². The van der Waals surface area contributed by atoms with Crippen molar-refractivity contribution >= 4 is 10.1 Å². The molecule has 0 aromatic rings. The Labute approximate surface area is 143 Å². The van der Waals surface area contributed by atoms with Crippen LogP contribution in [0.15, 0.2) is 0 Å². The first-order valence-corrected chi connectivity index (χ1v) is 9.74. The molecule has 0 aromatic heterocycles. The highest BCUT2D eigenvalue weighted by atomic mass is 32.2. The van der Waals surface area contributed by atoms with Gasteiger partial charge in [0.15, 0.2) is 0 Å². The van der Waals surface area contributed by atoms with E-state index >= 15 is 0 Å². The fourth-order valence-electron chi connectivity index (χ4n) is 1.71. The van der Waals surface area contributed by atoms with E-state index < -0.39 is 16.2 Å². The molecule has 0 N–H and O–H groups in total. The maximum atomic E-state index is 11.1. The third-order valence-electron chi connectivity index (χ3n) is 2.84. The molecule has 24 heavy (non-hydrogen) atoms. The lowest BCUT2D eigenvalue weighted by atomic mass is 10.4. The van der Waals surface area contributed by atoms with E-state index in [2.05, 4.69) is 0 Å². The van der Waals surface area contributed by atoms with E-state index in [0.717, 1.165) is 6.26 Å². The van der Waals surface area contributed by atoms with Crippen molar-refractivity contribution in [1.82, 2.24) is 0 Å². The van der Waals surface area contributed by atoms with Gasteiger partial charge in [-0.25, -0.2) is 0 Å². The highest BCUT2D eigenvalue weighted by Crippen LogP contribution is 1.99. The summed E-state index contributed by atoms with van der Waals surface area (Å²) in [5.41, 5.74) is 0. The molecule has 0 amide bonds. The third-order valence-corrected chi connectivity index (χ3v) is 3.41. The van der Waals surface area contributed by atoms with Crippen LogP contribution >= 0.6 is 0 Å². The number of hydrogen-bond acceptors (Lipinski definition) is 9. The van der Waals surface area contributed by atoms with Gasteiger partial charge in [0.05, 0.1) is 85.5 Å². The fraction of sp³-hybridized carbons (Fsp3) is 1.00. The van der Waals surface area contributed by atoms with E-state index in [-0.39, 0.29) is 13.2 Å². The number of hydrogen-bond donors (Lipinski definition) is 0. The average molecular weight is 372 g/mol. The van der Waals surface area contributed by atoms with Gasteiger partial charge in [0.2, 0.25) is 0 Å². The number of rotatable bonds is 3. The smallest absolute Gasteiger partial charge is 0.264 e. The molecule has 1 heterocycles. The van der Waals surface area contributed by atoms with Crippen LogP contribution in [0.2, 0.25) is 0 Å². The minimum atomic E-state index is -3.52. The molecule has 1 saturated heterocycles. The summed E-state index contributed by atoms with van der Waals surface area (Å²) in [6.45, 7) is 4.50. The zero-order valence-corrected chi connectivity index (χ0v) is 15.0. The minimum Gasteiger partial charge on any atom is -0.377 e. The quantitative estimate of drug-likeness (QED) is 0.604. The maximum absolute atomic E-state index is 11.1. The molecule has 10 heteroatoms. The first-order chi connectivity index (χ1) is 11.6. The van der Waals surface area contributed by atoms with Gasteiger partial charge in [-0.15, -0.1) is 0 Å². The first kappa shape index (κ1) is 21.7. The maximum Gasteiger partial charge on any atom is 0.264 e. The molecule has 0 saturated carbocycles. The second kappa shape index (κ2) is 13.9. The van der Waals surface area contributed by atoms with Crippen LogP contribution in [0.1, 0.15) is 0 Å². The molecule has 0 radical (unpaired) electrons. The topological polar surface area (TPSA) is 98.8 Å². The van der Waals surface area contributed by atoms with Crippen molar-refractivity contribution in [3.05, 3.63) is 0 Å². The Bertz CT molecular complexity index is 370. The largest absolute Gasteiger partial charge is 0.377 e. The van der Waals surface area contributed by atoms with Crippen LogP contribution in [-0.2, 0) is 42.7 Å². The van der Waals surface area contributed by atoms with E-state index in [4.69, 9.17) is 32.6 Å². The Balaban J connectivity index is 2.31. The molecule has 9 nitrogen and oxygen atoms in total. The molecular formula is C14H28O9S. The van der Waals surface area contributed by atoms with Gasteiger partial charge in [-0.3, -0.25) is 4.18 Å². The lowest BCUT2D eigenvalue weighted by Crippen LogP contribution is -2.29. The van der Waals surface area contributed by atoms with E-state index in [1.807, 2.05) is 0 Å². The van der Waals surface area contributed by atoms with Crippen molar-refractivity contribution < 1.29 is 41.0 Å². The van der Waals surface area contributed by atoms with Gasteiger partial charge in [-0.05, 0) is 0 Å². The van der Waals surface area contributed by atoms with Crippen molar-refractivity contribution in [3.63, 3.8) is 0 Å². The molecule has 1 aliphatic heterocycles. The Kier molecular flexibility index (Phi) is 12.6. The summed E-state index contributed by atoms with van der Waals surface area (Å²) < 4.78 is 59.3. The zero-order valence-electron chi connectivity index (χ0n) is 14.1. The van der Waals surface area contributed by atoms with E-state index in [9.17, 15) is 8.42 Å². The van der Waals surface area contributed by atoms with Gasteiger partial charge in [0.1, 0.15) is 6.10 Å². The molecule has 1 rings (SSSR count). The summed E-state index contributed by atoms with van der Waals surface area (Å²) in [6, 6.07) is 0. The van der Waals surface area contributed by atoms with Crippen molar-refractivity contribution in [2.24, 2.45) is 0 Å². The summed E-state index contributed by atoms with van der Waals surface area (Å²) in [7, 11) is -3.52. The van der Waals surface area contributed by atoms with Crippen LogP contribution in [0.3, 0.4) is 0 Å². The minimum absolute atomic E-state index is 0.101. The molecule has 0 spiro atoms. The lowest BCUT2D eigenvalue weighted by molar-refractivity contribution is -0.0704.